The third kappa shape index (κ3) is 9.41. The first-order valence-electron chi connectivity index (χ1n) is 9.04. The molecule has 0 spiro atoms. The summed E-state index contributed by atoms with van der Waals surface area (Å²) in [6, 6.07) is 18.7. The van der Waals surface area contributed by atoms with Gasteiger partial charge in [0.25, 0.3) is 5.91 Å². The Morgan fingerprint density at radius 3 is 2.16 bits per heavy atom. The van der Waals surface area contributed by atoms with Crippen molar-refractivity contribution in [2.45, 2.75) is 26.3 Å². The molecule has 1 aromatic heterocycles. The zero-order chi connectivity index (χ0) is 22.9. The maximum atomic E-state index is 12.2. The Hall–Kier alpha value is -3.24. The van der Waals surface area contributed by atoms with Gasteiger partial charge in [-0.25, -0.2) is 4.98 Å². The molecule has 0 saturated carbocycles. The molecule has 0 aliphatic carbocycles. The summed E-state index contributed by atoms with van der Waals surface area (Å²) in [5, 5.41) is 12.7. The molecular formula is C21H20F3N3O3S. The number of carbonyl (C=O) groups is 2. The number of nitrogens with zero attached hydrogens (tertiary/aromatic N) is 1. The zero-order valence-corrected chi connectivity index (χ0v) is 17.3. The quantitative estimate of drug-likeness (QED) is 0.527. The molecule has 0 atom stereocenters. The van der Waals surface area contributed by atoms with E-state index in [0.717, 1.165) is 16.1 Å². The van der Waals surface area contributed by atoms with Crippen molar-refractivity contribution in [2.75, 3.05) is 5.32 Å². The first-order chi connectivity index (χ1) is 14.6. The summed E-state index contributed by atoms with van der Waals surface area (Å²) in [4.78, 5) is 29.6. The van der Waals surface area contributed by atoms with Gasteiger partial charge in [0.15, 0.2) is 5.13 Å². The molecule has 0 unspecified atom stereocenters. The number of hydrogen-bond donors (Lipinski definition) is 3. The van der Waals surface area contributed by atoms with Gasteiger partial charge in [0, 0.05) is 17.0 Å². The highest BCUT2D eigenvalue weighted by Gasteiger charge is 2.20. The Morgan fingerprint density at radius 2 is 1.58 bits per heavy atom. The number of hydrogen-bond acceptors (Lipinski definition) is 5. The highest BCUT2D eigenvalue weighted by molar-refractivity contribution is 7.16. The average Bonchev–Trinajstić information content (AvgIpc) is 3.05. The molecule has 3 rings (SSSR count). The number of alkyl halides is 3. The Balaban J connectivity index is 0.000000614. The summed E-state index contributed by atoms with van der Waals surface area (Å²) in [6.45, 7) is 2.34. The highest BCUT2D eigenvalue weighted by atomic mass is 32.1. The van der Waals surface area contributed by atoms with E-state index in [1.54, 1.807) is 12.1 Å². The van der Waals surface area contributed by atoms with Crippen LogP contribution in [0.2, 0.25) is 0 Å². The van der Waals surface area contributed by atoms with Crippen LogP contribution in [0.3, 0.4) is 0 Å². The third-order valence-electron chi connectivity index (χ3n) is 3.80. The van der Waals surface area contributed by atoms with Gasteiger partial charge in [0.05, 0.1) is 12.1 Å². The lowest BCUT2D eigenvalue weighted by molar-refractivity contribution is -0.295. The van der Waals surface area contributed by atoms with Gasteiger partial charge < -0.3 is 10.4 Å². The number of amides is 2. The summed E-state index contributed by atoms with van der Waals surface area (Å²) in [6.07, 6.45) is -4.75. The summed E-state index contributed by atoms with van der Waals surface area (Å²) in [5.41, 5.74) is 2.38. The van der Waals surface area contributed by atoms with E-state index in [4.69, 9.17) is 5.11 Å². The van der Waals surface area contributed by atoms with E-state index in [1.165, 1.54) is 11.3 Å². The summed E-state index contributed by atoms with van der Waals surface area (Å²) >= 11 is 1.33. The molecule has 31 heavy (non-hydrogen) atoms. The van der Waals surface area contributed by atoms with Crippen LogP contribution in [-0.2, 0) is 17.8 Å². The van der Waals surface area contributed by atoms with Crippen LogP contribution in [-0.4, -0.2) is 28.3 Å². The first-order valence-corrected chi connectivity index (χ1v) is 9.86. The predicted octanol–water partition coefficient (Wildman–Crippen LogP) is 4.06. The first kappa shape index (κ1) is 24.0. The average molecular weight is 451 g/mol. The normalized spacial score (nSPS) is 10.6. The minimum absolute atomic E-state index is 0.0680. The van der Waals surface area contributed by atoms with Crippen molar-refractivity contribution in [1.82, 2.24) is 10.3 Å². The maximum Gasteiger partial charge on any atom is 0.519 e. The van der Waals surface area contributed by atoms with Gasteiger partial charge in [-0.2, -0.15) is 0 Å². The lowest BCUT2D eigenvalue weighted by Crippen LogP contribution is -2.24. The zero-order valence-electron chi connectivity index (χ0n) is 16.4. The van der Waals surface area contributed by atoms with E-state index in [9.17, 15) is 22.8 Å². The molecular weight excluding hydrogens is 431 g/mol. The molecule has 2 amide bonds. The van der Waals surface area contributed by atoms with Crippen LogP contribution < -0.4 is 10.6 Å². The molecule has 6 nitrogen and oxygen atoms in total. The van der Waals surface area contributed by atoms with Crippen LogP contribution >= 0.6 is 11.3 Å². The predicted molar refractivity (Wildman–Crippen MR) is 112 cm³/mol. The van der Waals surface area contributed by atoms with Crippen molar-refractivity contribution in [1.29, 1.82) is 0 Å². The lowest BCUT2D eigenvalue weighted by Gasteiger charge is -2.04. The number of nitrogens with one attached hydrogen (secondary N) is 2. The molecule has 0 radical (unpaired) electrons. The molecule has 3 N–H and O–H groups in total. The van der Waals surface area contributed by atoms with Gasteiger partial charge in [0.1, 0.15) is 0 Å². The number of benzene rings is 2. The number of aryl methyl sites for hydroxylation is 1. The number of rotatable bonds is 6. The number of carbonyl (C=O) groups excluding carboxylic acids is 2. The minimum Gasteiger partial charge on any atom is -0.352 e. The lowest BCUT2D eigenvalue weighted by atomic mass is 10.2. The minimum atomic E-state index is -5.00. The second-order valence-electron chi connectivity index (χ2n) is 6.25. The van der Waals surface area contributed by atoms with E-state index in [2.05, 4.69) is 15.6 Å². The summed E-state index contributed by atoms with van der Waals surface area (Å²) < 4.78 is 29.7. The Morgan fingerprint density at radius 1 is 1.03 bits per heavy atom. The van der Waals surface area contributed by atoms with E-state index < -0.39 is 6.36 Å². The van der Waals surface area contributed by atoms with Gasteiger partial charge in [-0.15, -0.1) is 24.5 Å². The Bertz CT molecular complexity index is 987. The van der Waals surface area contributed by atoms with E-state index in [0.29, 0.717) is 17.2 Å². The summed E-state index contributed by atoms with van der Waals surface area (Å²) in [7, 11) is 0. The number of thiazole rings is 1. The number of aliphatic hydroxyl groups is 1. The van der Waals surface area contributed by atoms with Gasteiger partial charge in [0.2, 0.25) is 5.91 Å². The van der Waals surface area contributed by atoms with Gasteiger partial charge in [-0.1, -0.05) is 48.5 Å². The fourth-order valence-corrected chi connectivity index (χ4v) is 3.37. The Labute approximate surface area is 180 Å². The molecule has 2 aromatic carbocycles. The Kier molecular flexibility index (Phi) is 8.71. The smallest absolute Gasteiger partial charge is 0.352 e. The van der Waals surface area contributed by atoms with Crippen molar-refractivity contribution < 1.29 is 27.9 Å². The van der Waals surface area contributed by atoms with Crippen molar-refractivity contribution in [2.24, 2.45) is 0 Å². The van der Waals surface area contributed by atoms with Crippen LogP contribution in [0.15, 0.2) is 60.7 Å². The standard InChI is InChI=1S/C20H19N3O2S.CHF3O/c1-14-17(12-18(24)21-13-15-8-4-2-5-9-15)26-20(22-14)23-19(25)16-10-6-3-7-11-16;2-1(3,4)5/h2-11H,12-13H2,1H3,(H,21,24)(H,22,23,25);5H. The van der Waals surface area contributed by atoms with Crippen LogP contribution in [0.1, 0.15) is 26.5 Å². The van der Waals surface area contributed by atoms with Crippen LogP contribution in [0.25, 0.3) is 0 Å². The topological polar surface area (TPSA) is 91.3 Å². The number of halogens is 3. The van der Waals surface area contributed by atoms with Crippen molar-refractivity contribution in [3.05, 3.63) is 82.4 Å². The molecule has 0 aliphatic heterocycles. The van der Waals surface area contributed by atoms with E-state index in [1.807, 2.05) is 55.5 Å². The van der Waals surface area contributed by atoms with Gasteiger partial charge in [-0.3, -0.25) is 14.9 Å². The largest absolute Gasteiger partial charge is 0.519 e. The van der Waals surface area contributed by atoms with Crippen LogP contribution in [0, 0.1) is 6.92 Å². The monoisotopic (exact) mass is 451 g/mol. The molecule has 0 saturated heterocycles. The summed E-state index contributed by atoms with van der Waals surface area (Å²) in [5.74, 6) is -0.277. The molecule has 0 aliphatic rings. The fourth-order valence-electron chi connectivity index (χ4n) is 2.41. The second kappa shape index (κ2) is 11.2. The number of aromatic nitrogens is 1. The molecule has 1 heterocycles. The van der Waals surface area contributed by atoms with Crippen LogP contribution in [0.4, 0.5) is 18.3 Å². The molecule has 10 heteroatoms. The maximum absolute atomic E-state index is 12.2. The van der Waals surface area contributed by atoms with Crippen molar-refractivity contribution in [3.8, 4) is 0 Å². The second-order valence-corrected chi connectivity index (χ2v) is 7.34. The van der Waals surface area contributed by atoms with Gasteiger partial charge >= 0.3 is 6.36 Å². The van der Waals surface area contributed by atoms with Crippen LogP contribution in [0.5, 0.6) is 0 Å². The number of anilines is 1. The highest BCUT2D eigenvalue weighted by Crippen LogP contribution is 2.23. The van der Waals surface area contributed by atoms with Crippen molar-refractivity contribution >= 4 is 28.3 Å². The SMILES string of the molecule is Cc1nc(NC(=O)c2ccccc2)sc1CC(=O)NCc1ccccc1.OC(F)(F)F. The molecule has 3 aromatic rings. The fraction of sp³-hybridized carbons (Fsp3) is 0.190. The molecule has 0 bridgehead atoms. The molecule has 0 fully saturated rings. The van der Waals surface area contributed by atoms with E-state index >= 15 is 0 Å². The van der Waals surface area contributed by atoms with E-state index in [-0.39, 0.29) is 18.2 Å². The van der Waals surface area contributed by atoms with Crippen molar-refractivity contribution in [3.63, 3.8) is 0 Å². The third-order valence-corrected chi connectivity index (χ3v) is 4.88. The van der Waals surface area contributed by atoms with Gasteiger partial charge in [-0.05, 0) is 24.6 Å². The molecule has 164 valence electrons.